The second kappa shape index (κ2) is 15.9. The van der Waals surface area contributed by atoms with E-state index in [0.717, 1.165) is 31.4 Å². The van der Waals surface area contributed by atoms with Crippen LogP contribution in [0.15, 0.2) is 0 Å². The highest BCUT2D eigenvalue weighted by molar-refractivity contribution is 8.00. The Labute approximate surface area is 189 Å². The number of likely N-dealkylation sites (N-methyl/N-ethyl adjacent to an activating group) is 1. The van der Waals surface area contributed by atoms with Crippen molar-refractivity contribution in [3.8, 4) is 0 Å². The summed E-state index contributed by atoms with van der Waals surface area (Å²) in [6.07, 6.45) is 6.65. The maximum Gasteiger partial charge on any atom is 0.326 e. The zero-order valence-corrected chi connectivity index (χ0v) is 19.5. The third-order valence-corrected chi connectivity index (χ3v) is 6.94. The van der Waals surface area contributed by atoms with Crippen molar-refractivity contribution in [2.24, 2.45) is 0 Å². The first kappa shape index (κ1) is 27.2. The summed E-state index contributed by atoms with van der Waals surface area (Å²) in [6, 6.07) is -0.460. The molecule has 1 rings (SSSR count). The molecule has 0 aromatic carbocycles. The standard InChI is InChI=1S/C21H38N4O5S/c1-3-8-19(28)25-15(21(29)30)9-6-7-12-23-18(27)11-5-4-10-17-20(22-2)16(13-31-17)24-14-26/h14-17,20,22H,3-13H2,1-2H3,(H,23,27)(H,24,26)(H,25,28)(H,29,30). The number of unbranched alkanes of at least 4 members (excludes halogenated alkanes) is 2. The van der Waals surface area contributed by atoms with Crippen molar-refractivity contribution in [2.45, 2.75) is 88.1 Å². The molecule has 0 aromatic heterocycles. The molecule has 1 fully saturated rings. The quantitative estimate of drug-likeness (QED) is 0.162. The number of rotatable bonds is 17. The number of amides is 3. The first-order chi connectivity index (χ1) is 14.9. The molecule has 178 valence electrons. The lowest BCUT2D eigenvalue weighted by Gasteiger charge is -2.22. The molecule has 1 aliphatic rings. The molecule has 0 bridgehead atoms. The van der Waals surface area contributed by atoms with Gasteiger partial charge in [-0.3, -0.25) is 14.4 Å². The Balaban J connectivity index is 2.12. The lowest BCUT2D eigenvalue weighted by molar-refractivity contribution is -0.142. The normalized spacial score (nSPS) is 21.3. The summed E-state index contributed by atoms with van der Waals surface area (Å²) in [4.78, 5) is 45.5. The monoisotopic (exact) mass is 458 g/mol. The van der Waals surface area contributed by atoms with Crippen LogP contribution in [0.2, 0.25) is 0 Å². The van der Waals surface area contributed by atoms with E-state index < -0.39 is 12.0 Å². The van der Waals surface area contributed by atoms with Crippen LogP contribution in [0.25, 0.3) is 0 Å². The Morgan fingerprint density at radius 2 is 1.90 bits per heavy atom. The highest BCUT2D eigenvalue weighted by Crippen LogP contribution is 2.31. The number of thioether (sulfide) groups is 1. The summed E-state index contributed by atoms with van der Waals surface area (Å²) >= 11 is 1.86. The summed E-state index contributed by atoms with van der Waals surface area (Å²) in [5, 5.41) is 21.2. The van der Waals surface area contributed by atoms with Crippen molar-refractivity contribution in [1.29, 1.82) is 0 Å². The van der Waals surface area contributed by atoms with Crippen LogP contribution in [0.5, 0.6) is 0 Å². The van der Waals surface area contributed by atoms with Crippen molar-refractivity contribution in [3.05, 3.63) is 0 Å². The molecule has 0 aromatic rings. The maximum absolute atomic E-state index is 12.0. The zero-order chi connectivity index (χ0) is 23.1. The van der Waals surface area contributed by atoms with Crippen LogP contribution in [0, 0.1) is 0 Å². The number of carboxylic acids is 1. The van der Waals surface area contributed by atoms with Gasteiger partial charge in [0.15, 0.2) is 0 Å². The molecule has 0 saturated carbocycles. The van der Waals surface area contributed by atoms with Gasteiger partial charge in [0.25, 0.3) is 0 Å². The Morgan fingerprint density at radius 1 is 1.13 bits per heavy atom. The van der Waals surface area contributed by atoms with Crippen molar-refractivity contribution >= 4 is 36.0 Å². The first-order valence-corrected chi connectivity index (χ1v) is 12.2. The van der Waals surface area contributed by atoms with Gasteiger partial charge >= 0.3 is 5.97 Å². The highest BCUT2D eigenvalue weighted by atomic mass is 32.2. The molecular formula is C21H38N4O5S. The molecule has 1 heterocycles. The lowest BCUT2D eigenvalue weighted by atomic mass is 10.0. The van der Waals surface area contributed by atoms with E-state index in [-0.39, 0.29) is 23.9 Å². The first-order valence-electron chi connectivity index (χ1n) is 11.2. The molecule has 31 heavy (non-hydrogen) atoms. The van der Waals surface area contributed by atoms with E-state index in [1.165, 1.54) is 0 Å². The second-order valence-corrected chi connectivity index (χ2v) is 9.15. The number of carboxylic acid groups (broad SMARTS) is 1. The minimum atomic E-state index is -1.03. The molecule has 0 aliphatic carbocycles. The molecule has 1 saturated heterocycles. The maximum atomic E-state index is 12.0. The minimum absolute atomic E-state index is 0.00997. The molecule has 3 amide bonds. The van der Waals surface area contributed by atoms with Crippen LogP contribution >= 0.6 is 11.8 Å². The number of hydrogen-bond acceptors (Lipinski definition) is 6. The van der Waals surface area contributed by atoms with E-state index in [2.05, 4.69) is 21.3 Å². The molecule has 0 spiro atoms. The number of carbonyl (C=O) groups excluding carboxylic acids is 3. The zero-order valence-electron chi connectivity index (χ0n) is 18.7. The summed E-state index contributed by atoms with van der Waals surface area (Å²) in [6.45, 7) is 2.38. The Hall–Kier alpha value is -1.81. The van der Waals surface area contributed by atoms with Crippen LogP contribution < -0.4 is 21.3 Å². The largest absolute Gasteiger partial charge is 0.480 e. The van der Waals surface area contributed by atoms with Crippen molar-refractivity contribution in [2.75, 3.05) is 19.3 Å². The average Bonchev–Trinajstić information content (AvgIpc) is 3.11. The van der Waals surface area contributed by atoms with Crippen LogP contribution in [-0.2, 0) is 19.2 Å². The smallest absolute Gasteiger partial charge is 0.326 e. The van der Waals surface area contributed by atoms with Crippen molar-refractivity contribution in [1.82, 2.24) is 21.3 Å². The van der Waals surface area contributed by atoms with Crippen molar-refractivity contribution < 1.29 is 24.3 Å². The number of carbonyl (C=O) groups is 4. The Kier molecular flexibility index (Phi) is 14.0. The minimum Gasteiger partial charge on any atom is -0.480 e. The molecule has 9 nitrogen and oxygen atoms in total. The van der Waals surface area contributed by atoms with Gasteiger partial charge in [0.1, 0.15) is 6.04 Å². The summed E-state index contributed by atoms with van der Waals surface area (Å²) in [5.41, 5.74) is 0. The number of aliphatic carboxylic acids is 1. The van der Waals surface area contributed by atoms with Crippen molar-refractivity contribution in [3.63, 3.8) is 0 Å². The van der Waals surface area contributed by atoms with Gasteiger partial charge in [-0.05, 0) is 45.6 Å². The van der Waals surface area contributed by atoms with E-state index in [1.807, 2.05) is 25.7 Å². The van der Waals surface area contributed by atoms with E-state index in [1.54, 1.807) is 0 Å². The van der Waals surface area contributed by atoms with Gasteiger partial charge in [0.2, 0.25) is 18.2 Å². The fourth-order valence-corrected chi connectivity index (χ4v) is 5.38. The number of hydrogen-bond donors (Lipinski definition) is 5. The van der Waals surface area contributed by atoms with Gasteiger partial charge in [-0.1, -0.05) is 13.3 Å². The van der Waals surface area contributed by atoms with Crippen LogP contribution in [0.1, 0.15) is 64.7 Å². The van der Waals surface area contributed by atoms with Gasteiger partial charge in [0.05, 0.1) is 6.04 Å². The fourth-order valence-electron chi connectivity index (χ4n) is 3.75. The molecular weight excluding hydrogens is 420 g/mol. The number of nitrogens with one attached hydrogen (secondary N) is 4. The van der Waals surface area contributed by atoms with Crippen LogP contribution in [-0.4, -0.2) is 72.0 Å². The average molecular weight is 459 g/mol. The van der Waals surface area contributed by atoms with Gasteiger partial charge in [-0.25, -0.2) is 4.79 Å². The van der Waals surface area contributed by atoms with E-state index >= 15 is 0 Å². The summed E-state index contributed by atoms with van der Waals surface area (Å²) < 4.78 is 0. The van der Waals surface area contributed by atoms with Gasteiger partial charge < -0.3 is 26.4 Å². The van der Waals surface area contributed by atoms with Crippen LogP contribution in [0.4, 0.5) is 0 Å². The summed E-state index contributed by atoms with van der Waals surface area (Å²) in [5.74, 6) is -0.352. The lowest BCUT2D eigenvalue weighted by Crippen LogP contribution is -2.48. The fraction of sp³-hybridized carbons (Fsp3) is 0.810. The third kappa shape index (κ3) is 10.9. The Morgan fingerprint density at radius 3 is 2.55 bits per heavy atom. The topological polar surface area (TPSA) is 137 Å². The predicted octanol–water partition coefficient (Wildman–Crippen LogP) is 1.02. The summed E-state index contributed by atoms with van der Waals surface area (Å²) in [7, 11) is 1.91. The predicted molar refractivity (Wildman–Crippen MR) is 122 cm³/mol. The van der Waals surface area contributed by atoms with E-state index in [9.17, 15) is 24.3 Å². The van der Waals surface area contributed by atoms with E-state index in [4.69, 9.17) is 0 Å². The van der Waals surface area contributed by atoms with Gasteiger partial charge in [-0.15, -0.1) is 0 Å². The molecule has 4 unspecified atom stereocenters. The Bertz CT molecular complexity index is 578. The SMILES string of the molecule is CCCC(=O)NC(CCCCNC(=O)CCCCC1SCC(NC=O)C1NC)C(=O)O. The van der Waals surface area contributed by atoms with E-state index in [0.29, 0.717) is 50.3 Å². The third-order valence-electron chi connectivity index (χ3n) is 5.43. The molecule has 10 heteroatoms. The van der Waals surface area contributed by atoms with Gasteiger partial charge in [-0.2, -0.15) is 11.8 Å². The second-order valence-electron chi connectivity index (χ2n) is 7.88. The van der Waals surface area contributed by atoms with Crippen LogP contribution in [0.3, 0.4) is 0 Å². The molecule has 1 aliphatic heterocycles. The van der Waals surface area contributed by atoms with Gasteiger partial charge in [0, 0.05) is 36.4 Å². The highest BCUT2D eigenvalue weighted by Gasteiger charge is 2.34. The molecule has 5 N–H and O–H groups in total. The molecule has 0 radical (unpaired) electrons. The molecule has 4 atom stereocenters.